The fourth-order valence-electron chi connectivity index (χ4n) is 0.745. The van der Waals surface area contributed by atoms with Crippen LogP contribution in [0.2, 0.25) is 0 Å². The van der Waals surface area contributed by atoms with Gasteiger partial charge in [0.2, 0.25) is 0 Å². The average Bonchev–Trinajstić information content (AvgIpc) is 2.11. The van der Waals surface area contributed by atoms with Crippen molar-refractivity contribution < 1.29 is 4.74 Å². The van der Waals surface area contributed by atoms with Gasteiger partial charge in [-0.15, -0.1) is 0 Å². The maximum atomic E-state index is 4.96. The highest BCUT2D eigenvalue weighted by atomic mass is 16.5. The van der Waals surface area contributed by atoms with Crippen LogP contribution in [-0.2, 0) is 4.74 Å². The summed E-state index contributed by atoms with van der Waals surface area (Å²) in [7, 11) is 1.68. The summed E-state index contributed by atoms with van der Waals surface area (Å²) in [5.74, 6) is 0.548. The zero-order valence-electron chi connectivity index (χ0n) is 9.08. The number of rotatable bonds is 6. The summed E-state index contributed by atoms with van der Waals surface area (Å²) in [5, 5.41) is 5.68. The molecule has 0 saturated carbocycles. The fraction of sp³-hybridized carbons (Fsp3) is 0.700. The van der Waals surface area contributed by atoms with Crippen molar-refractivity contribution >= 4 is 6.72 Å². The van der Waals surface area contributed by atoms with E-state index in [0.717, 1.165) is 6.54 Å². The van der Waals surface area contributed by atoms with Crippen LogP contribution in [0.25, 0.3) is 0 Å². The minimum absolute atomic E-state index is 0.548. The van der Waals surface area contributed by atoms with E-state index in [9.17, 15) is 0 Å². The predicted molar refractivity (Wildman–Crippen MR) is 56.7 cm³/mol. The van der Waals surface area contributed by atoms with Crippen molar-refractivity contribution in [3.63, 3.8) is 0 Å². The monoisotopic (exact) mass is 184 g/mol. The Morgan fingerprint density at radius 2 is 2.23 bits per heavy atom. The largest absolute Gasteiger partial charge is 0.383 e. The topological polar surface area (TPSA) is 24.8 Å². The molecule has 13 heavy (non-hydrogen) atoms. The fourth-order valence-corrected chi connectivity index (χ4v) is 0.745. The van der Waals surface area contributed by atoms with E-state index in [1.165, 1.54) is 5.57 Å². The van der Waals surface area contributed by atoms with Gasteiger partial charge >= 0.3 is 0 Å². The lowest BCUT2D eigenvalue weighted by atomic mass is 10.1. The summed E-state index contributed by atoms with van der Waals surface area (Å²) in [6, 6.07) is 0. The molecule has 76 valence electrons. The Morgan fingerprint density at radius 1 is 1.62 bits per heavy atom. The number of hydrogen-bond acceptors (Lipinski definition) is 3. The molecule has 0 aromatic rings. The van der Waals surface area contributed by atoms with Crippen molar-refractivity contribution in [1.29, 1.82) is 0 Å². The minimum Gasteiger partial charge on any atom is -0.383 e. The predicted octanol–water partition coefficient (Wildman–Crippen LogP) is 2.11. The van der Waals surface area contributed by atoms with Gasteiger partial charge in [-0.2, -0.15) is 5.10 Å². The van der Waals surface area contributed by atoms with Gasteiger partial charge < -0.3 is 4.74 Å². The summed E-state index contributed by atoms with van der Waals surface area (Å²) < 4.78 is 4.96. The number of ether oxygens (including phenoxy) is 1. The van der Waals surface area contributed by atoms with Gasteiger partial charge in [0, 0.05) is 20.0 Å². The van der Waals surface area contributed by atoms with Crippen LogP contribution in [0.3, 0.4) is 0 Å². The Kier molecular flexibility index (Phi) is 6.24. The van der Waals surface area contributed by atoms with E-state index in [0.29, 0.717) is 12.5 Å². The molecule has 0 aromatic heterocycles. The van der Waals surface area contributed by atoms with E-state index in [-0.39, 0.29) is 0 Å². The molecule has 0 radical (unpaired) electrons. The van der Waals surface area contributed by atoms with Crippen LogP contribution in [0.15, 0.2) is 16.9 Å². The van der Waals surface area contributed by atoms with Crippen LogP contribution in [0.5, 0.6) is 0 Å². The van der Waals surface area contributed by atoms with Crippen LogP contribution in [0, 0.1) is 5.92 Å². The number of allylic oxidation sites excluding steroid dienone is 1. The molecular weight excluding hydrogens is 164 g/mol. The van der Waals surface area contributed by atoms with E-state index in [4.69, 9.17) is 4.74 Å². The van der Waals surface area contributed by atoms with E-state index < -0.39 is 0 Å². The van der Waals surface area contributed by atoms with Crippen LogP contribution in [-0.4, -0.2) is 32.0 Å². The molecule has 3 nitrogen and oxygen atoms in total. The maximum Gasteiger partial charge on any atom is 0.0658 e. The first-order chi connectivity index (χ1) is 6.11. The Balaban J connectivity index is 4.09. The summed E-state index contributed by atoms with van der Waals surface area (Å²) in [4.78, 5) is 0. The minimum atomic E-state index is 0.548. The molecule has 0 N–H and O–H groups in total. The zero-order chi connectivity index (χ0) is 10.3. The lowest BCUT2D eigenvalue weighted by Gasteiger charge is -2.15. The molecular formula is C10H20N2O. The molecule has 0 saturated heterocycles. The molecule has 0 unspecified atom stereocenters. The normalized spacial score (nSPS) is 11.9. The van der Waals surface area contributed by atoms with E-state index in [1.54, 1.807) is 12.1 Å². The Hall–Kier alpha value is -0.830. The van der Waals surface area contributed by atoms with E-state index in [1.807, 2.05) is 6.20 Å². The molecule has 0 fully saturated rings. The Bertz CT molecular complexity index is 176. The third-order valence-corrected chi connectivity index (χ3v) is 1.97. The van der Waals surface area contributed by atoms with Gasteiger partial charge in [0.25, 0.3) is 0 Å². The summed E-state index contributed by atoms with van der Waals surface area (Å²) in [6.07, 6.45) is 2.01. The van der Waals surface area contributed by atoms with Gasteiger partial charge in [0.1, 0.15) is 0 Å². The molecule has 0 rings (SSSR count). The lowest BCUT2D eigenvalue weighted by Crippen LogP contribution is -2.16. The number of methoxy groups -OCH3 is 1. The number of nitrogens with zero attached hydrogens (tertiary/aromatic N) is 2. The first kappa shape index (κ1) is 12.2. The van der Waals surface area contributed by atoms with Crippen molar-refractivity contribution in [2.75, 3.05) is 20.3 Å². The average molecular weight is 184 g/mol. The van der Waals surface area contributed by atoms with Crippen LogP contribution >= 0.6 is 0 Å². The molecule has 3 heteroatoms. The van der Waals surface area contributed by atoms with Crippen LogP contribution in [0.1, 0.15) is 20.8 Å². The van der Waals surface area contributed by atoms with E-state index >= 15 is 0 Å². The van der Waals surface area contributed by atoms with Gasteiger partial charge in [0.15, 0.2) is 0 Å². The third kappa shape index (κ3) is 5.42. The highest BCUT2D eigenvalue weighted by Gasteiger charge is 1.99. The smallest absolute Gasteiger partial charge is 0.0658 e. The zero-order valence-corrected chi connectivity index (χ0v) is 9.08. The van der Waals surface area contributed by atoms with Crippen molar-refractivity contribution in [2.24, 2.45) is 11.0 Å². The SMILES string of the molecule is C=NN(/C=C(\C)C(C)C)CCOC. The summed E-state index contributed by atoms with van der Waals surface area (Å²) >= 11 is 0. The maximum absolute atomic E-state index is 4.96. The molecule has 0 atom stereocenters. The molecule has 0 heterocycles. The highest BCUT2D eigenvalue weighted by Crippen LogP contribution is 2.09. The standard InChI is InChI=1S/C10H20N2O/c1-9(2)10(3)8-12(11-4)6-7-13-5/h8-9H,4,6-7H2,1-3,5H3/b10-8+. The van der Waals surface area contributed by atoms with Gasteiger partial charge in [-0.25, -0.2) is 0 Å². The quantitative estimate of drug-likeness (QED) is 0.466. The highest BCUT2D eigenvalue weighted by molar-refractivity contribution is 5.23. The molecule has 0 aromatic carbocycles. The Morgan fingerprint density at radius 3 is 2.62 bits per heavy atom. The lowest BCUT2D eigenvalue weighted by molar-refractivity contribution is 0.171. The van der Waals surface area contributed by atoms with Crippen LogP contribution < -0.4 is 0 Å². The number of hydrogen-bond donors (Lipinski definition) is 0. The number of hydrazone groups is 1. The molecule has 0 aliphatic rings. The Labute approximate surface area is 81.1 Å². The molecule has 0 aliphatic heterocycles. The molecule has 0 amide bonds. The molecule has 0 aliphatic carbocycles. The third-order valence-electron chi connectivity index (χ3n) is 1.97. The second kappa shape index (κ2) is 6.66. The first-order valence-electron chi connectivity index (χ1n) is 4.52. The molecule has 0 bridgehead atoms. The molecule has 0 spiro atoms. The first-order valence-corrected chi connectivity index (χ1v) is 4.52. The van der Waals surface area contributed by atoms with Gasteiger partial charge in [-0.3, -0.25) is 5.01 Å². The summed E-state index contributed by atoms with van der Waals surface area (Å²) in [6.45, 7) is 11.3. The van der Waals surface area contributed by atoms with Crippen molar-refractivity contribution in [2.45, 2.75) is 20.8 Å². The van der Waals surface area contributed by atoms with Crippen molar-refractivity contribution in [1.82, 2.24) is 5.01 Å². The van der Waals surface area contributed by atoms with Gasteiger partial charge in [-0.05, 0) is 12.8 Å². The van der Waals surface area contributed by atoms with Crippen molar-refractivity contribution in [3.8, 4) is 0 Å². The second-order valence-electron chi connectivity index (χ2n) is 3.33. The van der Waals surface area contributed by atoms with E-state index in [2.05, 4.69) is 32.6 Å². The van der Waals surface area contributed by atoms with Gasteiger partial charge in [0.05, 0.1) is 13.2 Å². The summed E-state index contributed by atoms with van der Waals surface area (Å²) in [5.41, 5.74) is 1.29. The van der Waals surface area contributed by atoms with Crippen molar-refractivity contribution in [3.05, 3.63) is 11.8 Å². The van der Waals surface area contributed by atoms with Gasteiger partial charge in [-0.1, -0.05) is 19.4 Å². The second-order valence-corrected chi connectivity index (χ2v) is 3.33. The van der Waals surface area contributed by atoms with Crippen LogP contribution in [0.4, 0.5) is 0 Å².